The quantitative estimate of drug-likeness (QED) is 0.665. The van der Waals surface area contributed by atoms with E-state index in [1.807, 2.05) is 6.92 Å². The first-order chi connectivity index (χ1) is 14.2. The van der Waals surface area contributed by atoms with Gasteiger partial charge in [-0.05, 0) is 62.2 Å². The zero-order valence-electron chi connectivity index (χ0n) is 16.5. The molecule has 30 heavy (non-hydrogen) atoms. The van der Waals surface area contributed by atoms with Crippen LogP contribution in [0.5, 0.6) is 5.75 Å². The first kappa shape index (κ1) is 22.1. The van der Waals surface area contributed by atoms with Crippen molar-refractivity contribution in [1.82, 2.24) is 5.32 Å². The van der Waals surface area contributed by atoms with E-state index in [9.17, 15) is 21.6 Å². The van der Waals surface area contributed by atoms with E-state index in [-0.39, 0.29) is 39.6 Å². The highest BCUT2D eigenvalue weighted by Crippen LogP contribution is 2.20. The Kier molecular flexibility index (Phi) is 6.67. The standard InChI is InChI=1S/C20H24N2O6S2/c1-2-28-18-6-8-19(9-7-18)30(26,27)22-17-5-3-4-15(14-17)20(23)21-16-10-12-29(24,25)13-11-16/h3-9,14,16,22H,2,10-13H2,1H3,(H,21,23). The van der Waals surface area contributed by atoms with Crippen LogP contribution in [0.4, 0.5) is 5.69 Å². The molecule has 0 atom stereocenters. The van der Waals surface area contributed by atoms with Crippen LogP contribution in [0.2, 0.25) is 0 Å². The van der Waals surface area contributed by atoms with E-state index in [4.69, 9.17) is 4.74 Å². The molecule has 1 aliphatic rings. The molecule has 0 radical (unpaired) electrons. The van der Waals surface area contributed by atoms with E-state index < -0.39 is 19.9 Å². The van der Waals surface area contributed by atoms with Crippen molar-refractivity contribution in [2.24, 2.45) is 0 Å². The Morgan fingerprint density at radius 3 is 2.40 bits per heavy atom. The summed E-state index contributed by atoms with van der Waals surface area (Å²) in [4.78, 5) is 12.6. The summed E-state index contributed by atoms with van der Waals surface area (Å²) in [6.45, 7) is 2.32. The average Bonchev–Trinajstić information content (AvgIpc) is 2.70. The van der Waals surface area contributed by atoms with Gasteiger partial charge in [-0.3, -0.25) is 9.52 Å². The van der Waals surface area contributed by atoms with Crippen LogP contribution in [0, 0.1) is 0 Å². The minimum Gasteiger partial charge on any atom is -0.494 e. The molecule has 0 bridgehead atoms. The zero-order valence-corrected chi connectivity index (χ0v) is 18.1. The maximum absolute atomic E-state index is 12.6. The molecule has 2 N–H and O–H groups in total. The van der Waals surface area contributed by atoms with Crippen molar-refractivity contribution in [3.05, 3.63) is 54.1 Å². The summed E-state index contributed by atoms with van der Waals surface area (Å²) in [5, 5.41) is 2.82. The Labute approximate surface area is 176 Å². The van der Waals surface area contributed by atoms with Gasteiger partial charge in [0, 0.05) is 17.3 Å². The number of hydrogen-bond donors (Lipinski definition) is 2. The Morgan fingerprint density at radius 2 is 1.77 bits per heavy atom. The molecule has 3 rings (SSSR count). The summed E-state index contributed by atoms with van der Waals surface area (Å²) in [6.07, 6.45) is 0.746. The van der Waals surface area contributed by atoms with Gasteiger partial charge < -0.3 is 10.1 Å². The Morgan fingerprint density at radius 1 is 1.10 bits per heavy atom. The molecule has 1 aliphatic heterocycles. The predicted molar refractivity (Wildman–Crippen MR) is 114 cm³/mol. The monoisotopic (exact) mass is 452 g/mol. The Balaban J connectivity index is 1.68. The number of benzene rings is 2. The van der Waals surface area contributed by atoms with Gasteiger partial charge in [0.15, 0.2) is 0 Å². The predicted octanol–water partition coefficient (Wildman–Crippen LogP) is 2.19. The number of rotatable bonds is 7. The van der Waals surface area contributed by atoms with Gasteiger partial charge in [0.25, 0.3) is 15.9 Å². The van der Waals surface area contributed by atoms with Crippen LogP contribution in [0.1, 0.15) is 30.1 Å². The van der Waals surface area contributed by atoms with Crippen LogP contribution < -0.4 is 14.8 Å². The maximum Gasteiger partial charge on any atom is 0.261 e. The van der Waals surface area contributed by atoms with Crippen molar-refractivity contribution in [3.63, 3.8) is 0 Å². The molecule has 0 unspecified atom stereocenters. The molecule has 1 saturated heterocycles. The molecule has 8 nitrogen and oxygen atoms in total. The molecule has 0 spiro atoms. The first-order valence-corrected chi connectivity index (χ1v) is 12.9. The molecule has 162 valence electrons. The highest BCUT2D eigenvalue weighted by atomic mass is 32.2. The number of sulfonamides is 1. The first-order valence-electron chi connectivity index (χ1n) is 9.55. The highest BCUT2D eigenvalue weighted by Gasteiger charge is 2.25. The van der Waals surface area contributed by atoms with Crippen molar-refractivity contribution >= 4 is 31.5 Å². The fourth-order valence-corrected chi connectivity index (χ4v) is 5.66. The molecule has 0 saturated carbocycles. The lowest BCUT2D eigenvalue weighted by Crippen LogP contribution is -2.40. The lowest BCUT2D eigenvalue weighted by molar-refractivity contribution is 0.0934. The van der Waals surface area contributed by atoms with Crippen LogP contribution in [0.3, 0.4) is 0 Å². The van der Waals surface area contributed by atoms with Crippen LogP contribution in [0.25, 0.3) is 0 Å². The third-order valence-electron chi connectivity index (χ3n) is 4.71. The summed E-state index contributed by atoms with van der Waals surface area (Å²) in [5.74, 6) is 0.312. The van der Waals surface area contributed by atoms with E-state index in [2.05, 4.69) is 10.0 Å². The van der Waals surface area contributed by atoms with Crippen molar-refractivity contribution in [3.8, 4) is 5.75 Å². The number of sulfone groups is 1. The van der Waals surface area contributed by atoms with Crippen molar-refractivity contribution in [1.29, 1.82) is 0 Å². The number of amides is 1. The van der Waals surface area contributed by atoms with E-state index >= 15 is 0 Å². The largest absolute Gasteiger partial charge is 0.494 e. The van der Waals surface area contributed by atoms with Gasteiger partial charge >= 0.3 is 0 Å². The smallest absolute Gasteiger partial charge is 0.261 e. The topological polar surface area (TPSA) is 119 Å². The van der Waals surface area contributed by atoms with E-state index in [0.29, 0.717) is 25.2 Å². The van der Waals surface area contributed by atoms with Gasteiger partial charge in [0.1, 0.15) is 15.6 Å². The molecular weight excluding hydrogens is 428 g/mol. The number of hydrogen-bond acceptors (Lipinski definition) is 6. The van der Waals surface area contributed by atoms with Crippen LogP contribution >= 0.6 is 0 Å². The minimum atomic E-state index is -3.83. The van der Waals surface area contributed by atoms with Gasteiger partial charge in [0.05, 0.1) is 23.0 Å². The number of ether oxygens (including phenoxy) is 1. The van der Waals surface area contributed by atoms with E-state index in [0.717, 1.165) is 0 Å². The number of carbonyl (C=O) groups excluding carboxylic acids is 1. The average molecular weight is 453 g/mol. The zero-order chi connectivity index (χ0) is 21.8. The molecule has 10 heteroatoms. The maximum atomic E-state index is 12.6. The summed E-state index contributed by atoms with van der Waals surface area (Å²) in [6, 6.07) is 12.0. The molecule has 2 aromatic carbocycles. The number of carbonyl (C=O) groups is 1. The second-order valence-electron chi connectivity index (χ2n) is 6.99. The summed E-state index contributed by atoms with van der Waals surface area (Å²) in [7, 11) is -6.84. The molecule has 1 heterocycles. The molecule has 1 fully saturated rings. The van der Waals surface area contributed by atoms with Crippen LogP contribution in [-0.4, -0.2) is 46.9 Å². The second kappa shape index (κ2) is 9.05. The molecule has 1 amide bonds. The number of anilines is 1. The second-order valence-corrected chi connectivity index (χ2v) is 11.0. The van der Waals surface area contributed by atoms with Gasteiger partial charge in [-0.1, -0.05) is 6.07 Å². The van der Waals surface area contributed by atoms with E-state index in [1.165, 1.54) is 18.2 Å². The van der Waals surface area contributed by atoms with Gasteiger partial charge in [-0.2, -0.15) is 0 Å². The normalized spacial score (nSPS) is 16.6. The highest BCUT2D eigenvalue weighted by molar-refractivity contribution is 7.92. The third kappa shape index (κ3) is 5.73. The van der Waals surface area contributed by atoms with Crippen LogP contribution in [-0.2, 0) is 19.9 Å². The Bertz CT molecular complexity index is 1100. The summed E-state index contributed by atoms with van der Waals surface area (Å²) in [5.41, 5.74) is 0.540. The fourth-order valence-electron chi connectivity index (χ4n) is 3.12. The molecule has 0 aliphatic carbocycles. The van der Waals surface area contributed by atoms with Gasteiger partial charge in [-0.15, -0.1) is 0 Å². The minimum absolute atomic E-state index is 0.0554. The number of nitrogens with one attached hydrogen (secondary N) is 2. The lowest BCUT2D eigenvalue weighted by atomic mass is 10.1. The van der Waals surface area contributed by atoms with Crippen molar-refractivity contribution in [2.75, 3.05) is 22.8 Å². The molecular formula is C20H24N2O6S2. The van der Waals surface area contributed by atoms with Gasteiger partial charge in [-0.25, -0.2) is 16.8 Å². The van der Waals surface area contributed by atoms with Crippen molar-refractivity contribution in [2.45, 2.75) is 30.7 Å². The summed E-state index contributed by atoms with van der Waals surface area (Å²) >= 11 is 0. The lowest BCUT2D eigenvalue weighted by Gasteiger charge is -2.23. The molecule has 0 aromatic heterocycles. The third-order valence-corrected chi connectivity index (χ3v) is 7.82. The SMILES string of the molecule is CCOc1ccc(S(=O)(=O)Nc2cccc(C(=O)NC3CCS(=O)(=O)CC3)c2)cc1. The van der Waals surface area contributed by atoms with Crippen LogP contribution in [0.15, 0.2) is 53.4 Å². The Hall–Kier alpha value is -2.59. The fraction of sp³-hybridized carbons (Fsp3) is 0.350. The summed E-state index contributed by atoms with van der Waals surface area (Å²) < 4.78 is 56.0. The van der Waals surface area contributed by atoms with E-state index in [1.54, 1.807) is 30.3 Å². The van der Waals surface area contributed by atoms with Gasteiger partial charge in [0.2, 0.25) is 0 Å². The molecule has 2 aromatic rings. The van der Waals surface area contributed by atoms with Crippen molar-refractivity contribution < 1.29 is 26.4 Å².